The minimum Gasteiger partial charge on any atom is -0.354 e. The summed E-state index contributed by atoms with van der Waals surface area (Å²) in [6.07, 6.45) is 1.16. The molecule has 0 saturated heterocycles. The van der Waals surface area contributed by atoms with Crippen molar-refractivity contribution in [2.45, 2.75) is 51.1 Å². The first-order chi connectivity index (χ1) is 17.8. The third-order valence-electron chi connectivity index (χ3n) is 6.06. The number of hydrogen-bond acceptors (Lipinski definition) is 4. The summed E-state index contributed by atoms with van der Waals surface area (Å²) in [7, 11) is -4.05. The lowest BCUT2D eigenvalue weighted by atomic mass is 10.1. The zero-order valence-corrected chi connectivity index (χ0v) is 22.4. The minimum absolute atomic E-state index is 0.0945. The van der Waals surface area contributed by atoms with Gasteiger partial charge in [-0.3, -0.25) is 13.9 Å². The van der Waals surface area contributed by atoms with Crippen molar-refractivity contribution in [3.8, 4) is 0 Å². The van der Waals surface area contributed by atoms with Gasteiger partial charge in [0.25, 0.3) is 10.0 Å². The first-order valence-electron chi connectivity index (χ1n) is 12.5. The molecule has 1 N–H and O–H groups in total. The normalized spacial score (nSPS) is 12.0. The van der Waals surface area contributed by atoms with Crippen molar-refractivity contribution < 1.29 is 18.0 Å². The second-order valence-electron chi connectivity index (χ2n) is 8.88. The largest absolute Gasteiger partial charge is 0.354 e. The topological polar surface area (TPSA) is 86.8 Å². The standard InChI is InChI=1S/C29H35N3O4S/c1-4-20-30-29(34)27(5-2)31(21-24-12-8-6-9-13-24)28(33)22-32(25-14-10-7-11-15-25)37(35,36)26-18-16-23(3)17-19-26/h6-19,27H,4-5,20-22H2,1-3H3,(H,30,34)/t27-/m1/s1. The van der Waals surface area contributed by atoms with E-state index in [-0.39, 0.29) is 17.3 Å². The molecule has 8 heteroatoms. The molecule has 0 spiro atoms. The summed E-state index contributed by atoms with van der Waals surface area (Å²) in [6, 6.07) is 23.7. The van der Waals surface area contributed by atoms with E-state index in [9.17, 15) is 18.0 Å². The van der Waals surface area contributed by atoms with Gasteiger partial charge in [0.15, 0.2) is 0 Å². The molecule has 3 aromatic carbocycles. The molecule has 37 heavy (non-hydrogen) atoms. The molecule has 0 radical (unpaired) electrons. The number of sulfonamides is 1. The highest BCUT2D eigenvalue weighted by molar-refractivity contribution is 7.92. The van der Waals surface area contributed by atoms with Crippen molar-refractivity contribution >= 4 is 27.5 Å². The Kier molecular flexibility index (Phi) is 9.85. The molecule has 3 rings (SSSR count). The predicted molar refractivity (Wildman–Crippen MR) is 147 cm³/mol. The number of benzene rings is 3. The molecule has 0 heterocycles. The molecule has 0 saturated carbocycles. The fraction of sp³-hybridized carbons (Fsp3) is 0.310. The fourth-order valence-corrected chi connectivity index (χ4v) is 5.44. The summed E-state index contributed by atoms with van der Waals surface area (Å²) >= 11 is 0. The molecule has 0 aliphatic carbocycles. The Hall–Kier alpha value is -3.65. The van der Waals surface area contributed by atoms with E-state index in [1.807, 2.05) is 51.1 Å². The van der Waals surface area contributed by atoms with Crippen LogP contribution in [0.1, 0.15) is 37.8 Å². The molecule has 0 bridgehead atoms. The van der Waals surface area contributed by atoms with Crippen molar-refractivity contribution in [1.29, 1.82) is 0 Å². The van der Waals surface area contributed by atoms with Gasteiger partial charge in [-0.2, -0.15) is 0 Å². The van der Waals surface area contributed by atoms with Crippen LogP contribution in [0.3, 0.4) is 0 Å². The van der Waals surface area contributed by atoms with E-state index in [0.29, 0.717) is 18.7 Å². The van der Waals surface area contributed by atoms with Gasteiger partial charge in [-0.05, 0) is 49.6 Å². The summed E-state index contributed by atoms with van der Waals surface area (Å²) in [5.41, 5.74) is 2.16. The van der Waals surface area contributed by atoms with Crippen molar-refractivity contribution in [3.05, 3.63) is 96.1 Å². The molecule has 7 nitrogen and oxygen atoms in total. The maximum atomic E-state index is 13.9. The number of nitrogens with zero attached hydrogens (tertiary/aromatic N) is 2. The average Bonchev–Trinajstić information content (AvgIpc) is 2.91. The van der Waals surface area contributed by atoms with Gasteiger partial charge in [-0.15, -0.1) is 0 Å². The van der Waals surface area contributed by atoms with Crippen molar-refractivity contribution in [2.24, 2.45) is 0 Å². The maximum absolute atomic E-state index is 13.9. The van der Waals surface area contributed by atoms with E-state index >= 15 is 0 Å². The van der Waals surface area contributed by atoms with Crippen molar-refractivity contribution in [2.75, 3.05) is 17.4 Å². The number of rotatable bonds is 12. The Bertz CT molecular complexity index is 1260. The third-order valence-corrected chi connectivity index (χ3v) is 7.85. The average molecular weight is 522 g/mol. The van der Waals surface area contributed by atoms with Gasteiger partial charge in [0.1, 0.15) is 12.6 Å². The monoisotopic (exact) mass is 521 g/mol. The Morgan fingerprint density at radius 3 is 2.03 bits per heavy atom. The van der Waals surface area contributed by atoms with Crippen molar-refractivity contribution in [1.82, 2.24) is 10.2 Å². The van der Waals surface area contributed by atoms with Crippen LogP contribution in [0, 0.1) is 6.92 Å². The van der Waals surface area contributed by atoms with Gasteiger partial charge in [0, 0.05) is 13.1 Å². The van der Waals surface area contributed by atoms with Gasteiger partial charge in [0.2, 0.25) is 11.8 Å². The summed E-state index contributed by atoms with van der Waals surface area (Å²) in [4.78, 5) is 28.5. The van der Waals surface area contributed by atoms with Crippen LogP contribution >= 0.6 is 0 Å². The molecule has 0 aliphatic rings. The molecule has 2 amide bonds. The van der Waals surface area contributed by atoms with Crippen LogP contribution in [-0.2, 0) is 26.2 Å². The fourth-order valence-electron chi connectivity index (χ4n) is 4.03. The molecular formula is C29H35N3O4S. The zero-order valence-electron chi connectivity index (χ0n) is 21.6. The number of carbonyl (C=O) groups excluding carboxylic acids is 2. The summed E-state index contributed by atoms with van der Waals surface area (Å²) in [6.45, 7) is 5.93. The number of amides is 2. The first-order valence-corrected chi connectivity index (χ1v) is 14.0. The molecule has 196 valence electrons. The Balaban J connectivity index is 2.01. The highest BCUT2D eigenvalue weighted by Crippen LogP contribution is 2.25. The van der Waals surface area contributed by atoms with E-state index in [4.69, 9.17) is 0 Å². The number of hydrogen-bond donors (Lipinski definition) is 1. The minimum atomic E-state index is -4.05. The lowest BCUT2D eigenvalue weighted by Crippen LogP contribution is -2.52. The van der Waals surface area contributed by atoms with Gasteiger partial charge in [-0.25, -0.2) is 8.42 Å². The van der Waals surface area contributed by atoms with Gasteiger partial charge in [0.05, 0.1) is 10.6 Å². The molecule has 0 aliphatic heterocycles. The van der Waals surface area contributed by atoms with Crippen LogP contribution in [0.2, 0.25) is 0 Å². The third kappa shape index (κ3) is 7.20. The second kappa shape index (κ2) is 13.1. The van der Waals surface area contributed by atoms with Gasteiger partial charge >= 0.3 is 0 Å². The first kappa shape index (κ1) is 27.9. The lowest BCUT2D eigenvalue weighted by molar-refractivity contribution is -0.140. The summed E-state index contributed by atoms with van der Waals surface area (Å²) < 4.78 is 28.6. The summed E-state index contributed by atoms with van der Waals surface area (Å²) in [5.74, 6) is -0.705. The SMILES string of the molecule is CCCNC(=O)[C@@H](CC)N(Cc1ccccc1)C(=O)CN(c1ccccc1)S(=O)(=O)c1ccc(C)cc1. The van der Waals surface area contributed by atoms with Gasteiger partial charge in [-0.1, -0.05) is 80.1 Å². The van der Waals surface area contributed by atoms with Crippen LogP contribution in [-0.4, -0.2) is 44.3 Å². The van der Waals surface area contributed by atoms with Crippen LogP contribution in [0.5, 0.6) is 0 Å². The molecule has 0 aromatic heterocycles. The highest BCUT2D eigenvalue weighted by atomic mass is 32.2. The number of anilines is 1. The quantitative estimate of drug-likeness (QED) is 0.380. The number of nitrogens with one attached hydrogen (secondary N) is 1. The highest BCUT2D eigenvalue weighted by Gasteiger charge is 2.33. The van der Waals surface area contributed by atoms with E-state index in [0.717, 1.165) is 21.9 Å². The second-order valence-corrected chi connectivity index (χ2v) is 10.7. The van der Waals surface area contributed by atoms with E-state index in [1.165, 1.54) is 4.90 Å². The Morgan fingerprint density at radius 1 is 0.865 bits per heavy atom. The lowest BCUT2D eigenvalue weighted by Gasteiger charge is -2.33. The van der Waals surface area contributed by atoms with Gasteiger partial charge < -0.3 is 10.2 Å². The van der Waals surface area contributed by atoms with Crippen LogP contribution < -0.4 is 9.62 Å². The summed E-state index contributed by atoms with van der Waals surface area (Å²) in [5, 5.41) is 2.89. The van der Waals surface area contributed by atoms with E-state index < -0.39 is 28.5 Å². The predicted octanol–water partition coefficient (Wildman–Crippen LogP) is 4.52. The van der Waals surface area contributed by atoms with Crippen LogP contribution in [0.4, 0.5) is 5.69 Å². The smallest absolute Gasteiger partial charge is 0.264 e. The molecule has 0 fully saturated rings. The van der Waals surface area contributed by atoms with Crippen LogP contribution in [0.15, 0.2) is 89.8 Å². The number of carbonyl (C=O) groups is 2. The molecule has 1 atom stereocenters. The molecular weight excluding hydrogens is 486 g/mol. The Morgan fingerprint density at radius 2 is 1.46 bits per heavy atom. The molecule has 0 unspecified atom stereocenters. The zero-order chi connectivity index (χ0) is 26.8. The Labute approximate surface area is 220 Å². The van der Waals surface area contributed by atoms with E-state index in [1.54, 1.807) is 54.6 Å². The van der Waals surface area contributed by atoms with Crippen molar-refractivity contribution in [3.63, 3.8) is 0 Å². The maximum Gasteiger partial charge on any atom is 0.264 e. The molecule has 3 aromatic rings. The van der Waals surface area contributed by atoms with E-state index in [2.05, 4.69) is 5.32 Å². The number of aryl methyl sites for hydroxylation is 1. The van der Waals surface area contributed by atoms with Crippen LogP contribution in [0.25, 0.3) is 0 Å². The number of para-hydroxylation sites is 1.